The molecule has 0 spiro atoms. The van der Waals surface area contributed by atoms with E-state index in [2.05, 4.69) is 4.99 Å². The predicted octanol–water partition coefficient (Wildman–Crippen LogP) is -1.94. The van der Waals surface area contributed by atoms with Crippen LogP contribution in [0.2, 0.25) is 0 Å². The molecule has 0 bridgehead atoms. The summed E-state index contributed by atoms with van der Waals surface area (Å²) in [6, 6.07) is -0.684. The van der Waals surface area contributed by atoms with Crippen LogP contribution in [0.25, 0.3) is 0 Å². The molecule has 112 valence electrons. The Bertz CT molecular complexity index is 301. The Balaban J connectivity index is 2.45. The Morgan fingerprint density at radius 1 is 1.53 bits per heavy atom. The monoisotopic (exact) mass is 274 g/mol. The van der Waals surface area contributed by atoms with Crippen LogP contribution in [0.1, 0.15) is 32.1 Å². The maximum Gasteiger partial charge on any atom is 0.212 e. The molecule has 0 aromatic rings. The van der Waals surface area contributed by atoms with Gasteiger partial charge in [0.05, 0.1) is 13.2 Å². The van der Waals surface area contributed by atoms with Gasteiger partial charge in [-0.1, -0.05) is 6.42 Å². The number of rotatable bonds is 7. The molecule has 0 aromatic heterocycles. The largest absolute Gasteiger partial charge is 0.861 e. The lowest BCUT2D eigenvalue weighted by Gasteiger charge is -2.36. The predicted molar refractivity (Wildman–Crippen MR) is 69.3 cm³/mol. The molecule has 0 amide bonds. The first-order valence-electron chi connectivity index (χ1n) is 6.71. The highest BCUT2D eigenvalue weighted by molar-refractivity contribution is 5.77. The number of hydrogen-bond donors (Lipinski definition) is 4. The van der Waals surface area contributed by atoms with Crippen LogP contribution in [0, 0.1) is 0 Å². The van der Waals surface area contributed by atoms with Gasteiger partial charge in [-0.2, -0.15) is 0 Å². The lowest BCUT2D eigenvalue weighted by Crippen LogP contribution is -2.51. The van der Waals surface area contributed by atoms with Gasteiger partial charge < -0.3 is 31.5 Å². The number of hydrogen-bond acceptors (Lipinski definition) is 7. The van der Waals surface area contributed by atoms with E-state index in [0.717, 1.165) is 12.8 Å². The van der Waals surface area contributed by atoms with E-state index in [0.29, 0.717) is 32.4 Å². The van der Waals surface area contributed by atoms with Gasteiger partial charge in [0.2, 0.25) is 5.79 Å². The molecule has 1 saturated heterocycles. The zero-order valence-electron chi connectivity index (χ0n) is 11.1. The van der Waals surface area contributed by atoms with Gasteiger partial charge in [-0.3, -0.25) is 4.99 Å². The van der Waals surface area contributed by atoms with E-state index in [-0.39, 0.29) is 6.54 Å². The molecule has 6 N–H and O–H groups in total. The summed E-state index contributed by atoms with van der Waals surface area (Å²) in [7, 11) is 0. The van der Waals surface area contributed by atoms with Crippen molar-refractivity contribution < 1.29 is 20.1 Å². The minimum Gasteiger partial charge on any atom is -0.861 e. The summed E-state index contributed by atoms with van der Waals surface area (Å²) in [4.78, 5) is 3.72. The lowest BCUT2D eigenvalue weighted by molar-refractivity contribution is -0.270. The van der Waals surface area contributed by atoms with Crippen LogP contribution in [-0.2, 0) is 4.74 Å². The third-order valence-corrected chi connectivity index (χ3v) is 3.24. The van der Waals surface area contributed by atoms with E-state index >= 15 is 0 Å². The molecule has 1 aliphatic rings. The molecular weight excluding hydrogens is 250 g/mol. The van der Waals surface area contributed by atoms with Crippen LogP contribution in [0.15, 0.2) is 4.99 Å². The molecule has 0 aliphatic carbocycles. The fraction of sp³-hybridized carbons (Fsp3) is 0.917. The average Bonchev–Trinajstić information content (AvgIpc) is 2.40. The van der Waals surface area contributed by atoms with E-state index in [4.69, 9.17) is 16.2 Å². The van der Waals surface area contributed by atoms with Crippen molar-refractivity contribution in [2.45, 2.75) is 50.0 Å². The van der Waals surface area contributed by atoms with E-state index in [9.17, 15) is 15.3 Å². The second kappa shape index (κ2) is 7.76. The Morgan fingerprint density at radius 3 is 2.89 bits per heavy atom. The summed E-state index contributed by atoms with van der Waals surface area (Å²) in [5.41, 5.74) is 11.0. The number of nitrogens with zero attached hydrogens (tertiary/aromatic N) is 1. The van der Waals surface area contributed by atoms with Crippen molar-refractivity contribution in [3.05, 3.63) is 0 Å². The molecule has 1 fully saturated rings. The van der Waals surface area contributed by atoms with Crippen molar-refractivity contribution in [1.29, 1.82) is 0 Å². The SMILES string of the molecule is NCCCC[C@H](N)C([O-])=NC[C@]1(O)OCCCC1O. The van der Waals surface area contributed by atoms with Gasteiger partial charge in [0.1, 0.15) is 6.10 Å². The van der Waals surface area contributed by atoms with E-state index in [1.807, 2.05) is 0 Å². The van der Waals surface area contributed by atoms with Crippen molar-refractivity contribution in [3.8, 4) is 0 Å². The molecular formula is C12H24N3O4-. The lowest BCUT2D eigenvalue weighted by atomic mass is 10.0. The normalized spacial score (nSPS) is 30.3. The highest BCUT2D eigenvalue weighted by Crippen LogP contribution is 2.23. The average molecular weight is 274 g/mol. The van der Waals surface area contributed by atoms with E-state index in [1.165, 1.54) is 0 Å². The van der Waals surface area contributed by atoms with Gasteiger partial charge in [0, 0.05) is 6.04 Å². The summed E-state index contributed by atoms with van der Waals surface area (Å²) in [5.74, 6) is -2.24. The van der Waals surface area contributed by atoms with Crippen molar-refractivity contribution in [3.63, 3.8) is 0 Å². The number of ether oxygens (including phenoxy) is 1. The van der Waals surface area contributed by atoms with Crippen LogP contribution in [-0.4, -0.2) is 53.7 Å². The smallest absolute Gasteiger partial charge is 0.212 e. The molecule has 0 radical (unpaired) electrons. The molecule has 19 heavy (non-hydrogen) atoms. The van der Waals surface area contributed by atoms with E-state index in [1.54, 1.807) is 0 Å². The van der Waals surface area contributed by atoms with Crippen molar-refractivity contribution in [2.75, 3.05) is 19.7 Å². The molecule has 7 nitrogen and oxygen atoms in total. The first kappa shape index (κ1) is 16.3. The molecule has 1 aliphatic heterocycles. The van der Waals surface area contributed by atoms with Gasteiger partial charge in [0.15, 0.2) is 0 Å². The molecule has 1 rings (SSSR count). The summed E-state index contributed by atoms with van der Waals surface area (Å²) < 4.78 is 5.11. The zero-order valence-corrected chi connectivity index (χ0v) is 11.1. The third kappa shape index (κ3) is 5.04. The zero-order chi connectivity index (χ0) is 14.3. The number of unbranched alkanes of at least 4 members (excludes halogenated alkanes) is 1. The second-order valence-corrected chi connectivity index (χ2v) is 4.90. The molecule has 3 atom stereocenters. The van der Waals surface area contributed by atoms with Gasteiger partial charge in [0.25, 0.3) is 0 Å². The fourth-order valence-corrected chi connectivity index (χ4v) is 1.94. The molecule has 7 heteroatoms. The molecule has 0 aromatic carbocycles. The number of aliphatic hydroxyl groups excluding tert-OH is 1. The first-order chi connectivity index (χ1) is 8.99. The molecule has 0 saturated carbocycles. The summed E-state index contributed by atoms with van der Waals surface area (Å²) in [5, 5.41) is 31.3. The highest BCUT2D eigenvalue weighted by Gasteiger charge is 2.39. The minimum atomic E-state index is -1.76. The standard InChI is InChI=1S/C12H25N3O4/c13-6-2-1-4-9(14)11(17)15-8-12(18)10(16)5-3-7-19-12/h9-10,16,18H,1-8,13-14H2,(H,15,17)/p-1/t9-,10?,12-/m0/s1. The maximum atomic E-state index is 11.7. The highest BCUT2D eigenvalue weighted by atomic mass is 16.6. The van der Waals surface area contributed by atoms with Crippen LogP contribution in [0.5, 0.6) is 0 Å². The number of aliphatic hydroxyl groups is 2. The quantitative estimate of drug-likeness (QED) is 0.242. The summed E-state index contributed by atoms with van der Waals surface area (Å²) >= 11 is 0. The van der Waals surface area contributed by atoms with Crippen LogP contribution < -0.4 is 16.6 Å². The van der Waals surface area contributed by atoms with Gasteiger partial charge in [-0.15, -0.1) is 0 Å². The molecule has 1 heterocycles. The van der Waals surface area contributed by atoms with Crippen molar-refractivity contribution in [2.24, 2.45) is 16.5 Å². The number of nitrogens with two attached hydrogens (primary N) is 2. The Hall–Kier alpha value is -0.730. The van der Waals surface area contributed by atoms with Gasteiger partial charge >= 0.3 is 0 Å². The van der Waals surface area contributed by atoms with Crippen molar-refractivity contribution in [1.82, 2.24) is 0 Å². The van der Waals surface area contributed by atoms with Crippen LogP contribution in [0.3, 0.4) is 0 Å². The third-order valence-electron chi connectivity index (χ3n) is 3.24. The second-order valence-electron chi connectivity index (χ2n) is 4.90. The fourth-order valence-electron chi connectivity index (χ4n) is 1.94. The van der Waals surface area contributed by atoms with Crippen LogP contribution >= 0.6 is 0 Å². The first-order valence-corrected chi connectivity index (χ1v) is 6.71. The van der Waals surface area contributed by atoms with Crippen LogP contribution in [0.4, 0.5) is 0 Å². The number of aliphatic imine (C=N–C) groups is 1. The maximum absolute atomic E-state index is 11.7. The molecule has 1 unspecified atom stereocenters. The van der Waals surface area contributed by atoms with Crippen molar-refractivity contribution >= 4 is 5.90 Å². The topological polar surface area (TPSA) is 137 Å². The van der Waals surface area contributed by atoms with Gasteiger partial charge in [-0.25, -0.2) is 0 Å². The summed E-state index contributed by atoms with van der Waals surface area (Å²) in [6.07, 6.45) is 2.18. The van der Waals surface area contributed by atoms with Gasteiger partial charge in [-0.05, 0) is 38.1 Å². The Kier molecular flexibility index (Phi) is 6.67. The summed E-state index contributed by atoms with van der Waals surface area (Å²) in [6.45, 7) is 0.634. The Labute approximate surface area is 113 Å². The Morgan fingerprint density at radius 2 is 2.26 bits per heavy atom. The minimum absolute atomic E-state index is 0.280. The van der Waals surface area contributed by atoms with E-state index < -0.39 is 23.8 Å².